The molecule has 0 aromatic carbocycles. The monoisotopic (exact) mass is 381 g/mol. The number of alkyl halides is 3. The Labute approximate surface area is 145 Å². The SMILES string of the molecule is Cc1nc(C)c(CC(=O)N2CCSCC2)c(=O)[nH]1.O=C(O)C(F)(F)F. The van der Waals surface area contributed by atoms with Crippen LogP contribution in [0.2, 0.25) is 0 Å². The molecule has 7 nitrogen and oxygen atoms in total. The zero-order chi connectivity index (χ0) is 19.2. The van der Waals surface area contributed by atoms with E-state index in [1.165, 1.54) is 0 Å². The molecule has 0 spiro atoms. The number of aromatic nitrogens is 2. The maximum absolute atomic E-state index is 12.1. The van der Waals surface area contributed by atoms with Gasteiger partial charge in [0.05, 0.1) is 6.42 Å². The number of carbonyl (C=O) groups excluding carboxylic acids is 1. The van der Waals surface area contributed by atoms with Gasteiger partial charge in [-0.05, 0) is 13.8 Å². The topological polar surface area (TPSA) is 103 Å². The summed E-state index contributed by atoms with van der Waals surface area (Å²) in [5.74, 6) is -0.189. The lowest BCUT2D eigenvalue weighted by Crippen LogP contribution is -2.39. The molecule has 2 heterocycles. The molecule has 11 heteroatoms. The first-order valence-electron chi connectivity index (χ1n) is 7.24. The third kappa shape index (κ3) is 6.77. The lowest BCUT2D eigenvalue weighted by atomic mass is 10.1. The Morgan fingerprint density at radius 2 is 1.80 bits per heavy atom. The van der Waals surface area contributed by atoms with Gasteiger partial charge in [-0.2, -0.15) is 24.9 Å². The van der Waals surface area contributed by atoms with E-state index in [-0.39, 0.29) is 17.9 Å². The molecule has 1 amide bonds. The number of rotatable bonds is 2. The van der Waals surface area contributed by atoms with Crippen molar-refractivity contribution < 1.29 is 27.9 Å². The number of hydrogen-bond acceptors (Lipinski definition) is 5. The second-order valence-electron chi connectivity index (χ2n) is 5.19. The minimum atomic E-state index is -5.08. The number of carboxylic acids is 1. The fourth-order valence-electron chi connectivity index (χ4n) is 2.04. The van der Waals surface area contributed by atoms with Gasteiger partial charge in [0, 0.05) is 35.9 Å². The van der Waals surface area contributed by atoms with Crippen LogP contribution < -0.4 is 5.56 Å². The van der Waals surface area contributed by atoms with Crippen molar-refractivity contribution in [2.45, 2.75) is 26.4 Å². The molecule has 2 rings (SSSR count). The number of aromatic amines is 1. The number of amides is 1. The van der Waals surface area contributed by atoms with Crippen molar-refractivity contribution in [3.63, 3.8) is 0 Å². The standard InChI is InChI=1S/C12H17N3O2S.C2HF3O2/c1-8-10(12(17)14-9(2)13-8)7-11(16)15-3-5-18-6-4-15;3-2(4,5)1(6)7/h3-7H2,1-2H3,(H,13,14,17);(H,6,7). The number of carbonyl (C=O) groups is 2. The van der Waals surface area contributed by atoms with Crippen LogP contribution in [0, 0.1) is 13.8 Å². The van der Waals surface area contributed by atoms with Crippen molar-refractivity contribution in [3.8, 4) is 0 Å². The quantitative estimate of drug-likeness (QED) is 0.796. The number of halogens is 3. The Kier molecular flexibility index (Phi) is 7.46. The molecular weight excluding hydrogens is 363 g/mol. The van der Waals surface area contributed by atoms with Crippen LogP contribution in [-0.2, 0) is 16.0 Å². The fourth-order valence-corrected chi connectivity index (χ4v) is 2.94. The van der Waals surface area contributed by atoms with Crippen LogP contribution in [0.5, 0.6) is 0 Å². The van der Waals surface area contributed by atoms with Crippen LogP contribution in [0.15, 0.2) is 4.79 Å². The predicted molar refractivity (Wildman–Crippen MR) is 85.6 cm³/mol. The molecule has 1 aliphatic heterocycles. The van der Waals surface area contributed by atoms with Crippen molar-refractivity contribution in [3.05, 3.63) is 27.4 Å². The molecule has 0 unspecified atom stereocenters. The summed E-state index contributed by atoms with van der Waals surface area (Å²) in [5, 5.41) is 7.12. The van der Waals surface area contributed by atoms with E-state index in [0.717, 1.165) is 24.6 Å². The van der Waals surface area contributed by atoms with Crippen molar-refractivity contribution in [1.82, 2.24) is 14.9 Å². The van der Waals surface area contributed by atoms with Crippen molar-refractivity contribution >= 4 is 23.6 Å². The van der Waals surface area contributed by atoms with Crippen molar-refractivity contribution in [2.24, 2.45) is 0 Å². The number of aliphatic carboxylic acids is 1. The largest absolute Gasteiger partial charge is 0.490 e. The first kappa shape index (κ1) is 21.0. The van der Waals surface area contributed by atoms with Gasteiger partial charge < -0.3 is 15.0 Å². The summed E-state index contributed by atoms with van der Waals surface area (Å²) in [7, 11) is 0. The number of nitrogens with zero attached hydrogens (tertiary/aromatic N) is 2. The Morgan fingerprint density at radius 3 is 2.24 bits per heavy atom. The van der Waals surface area contributed by atoms with E-state index < -0.39 is 12.1 Å². The Bertz CT molecular complexity index is 685. The van der Waals surface area contributed by atoms with Gasteiger partial charge in [0.25, 0.3) is 5.56 Å². The normalized spacial score (nSPS) is 14.5. The van der Waals surface area contributed by atoms with E-state index in [1.807, 2.05) is 16.7 Å². The Morgan fingerprint density at radius 1 is 1.28 bits per heavy atom. The molecule has 140 valence electrons. The van der Waals surface area contributed by atoms with E-state index in [4.69, 9.17) is 9.90 Å². The predicted octanol–water partition coefficient (Wildman–Crippen LogP) is 1.14. The highest BCUT2D eigenvalue weighted by atomic mass is 32.2. The van der Waals surface area contributed by atoms with Gasteiger partial charge in [-0.25, -0.2) is 9.78 Å². The highest BCUT2D eigenvalue weighted by Gasteiger charge is 2.38. The second-order valence-corrected chi connectivity index (χ2v) is 6.41. The maximum Gasteiger partial charge on any atom is 0.490 e. The molecular formula is C14H18F3N3O4S. The molecule has 1 aromatic rings. The summed E-state index contributed by atoms with van der Waals surface area (Å²) in [4.78, 5) is 41.5. The molecule has 25 heavy (non-hydrogen) atoms. The van der Waals surface area contributed by atoms with Crippen LogP contribution in [0.25, 0.3) is 0 Å². The van der Waals surface area contributed by atoms with Crippen molar-refractivity contribution in [1.29, 1.82) is 0 Å². The zero-order valence-electron chi connectivity index (χ0n) is 13.6. The molecule has 0 aliphatic carbocycles. The van der Waals surface area contributed by atoms with Gasteiger partial charge in [-0.3, -0.25) is 9.59 Å². The smallest absolute Gasteiger partial charge is 0.475 e. The van der Waals surface area contributed by atoms with E-state index in [2.05, 4.69) is 9.97 Å². The molecule has 2 N–H and O–H groups in total. The number of nitrogens with one attached hydrogen (secondary N) is 1. The molecule has 1 aliphatic rings. The first-order valence-corrected chi connectivity index (χ1v) is 8.40. The summed E-state index contributed by atoms with van der Waals surface area (Å²) in [6, 6.07) is 0. The van der Waals surface area contributed by atoms with Gasteiger partial charge in [-0.1, -0.05) is 0 Å². The molecule has 0 atom stereocenters. The molecule has 0 radical (unpaired) electrons. The van der Waals surface area contributed by atoms with E-state index >= 15 is 0 Å². The van der Waals surface area contributed by atoms with Crippen molar-refractivity contribution in [2.75, 3.05) is 24.6 Å². The fraction of sp³-hybridized carbons (Fsp3) is 0.571. The first-order chi connectivity index (χ1) is 11.5. The molecule has 1 aromatic heterocycles. The minimum absolute atomic E-state index is 0.0227. The molecule has 1 saturated heterocycles. The summed E-state index contributed by atoms with van der Waals surface area (Å²) in [6.45, 7) is 5.07. The van der Waals surface area contributed by atoms with E-state index in [0.29, 0.717) is 17.1 Å². The number of aryl methyl sites for hydroxylation is 2. The number of carboxylic acid groups (broad SMARTS) is 1. The third-order valence-electron chi connectivity index (χ3n) is 3.27. The summed E-state index contributed by atoms with van der Waals surface area (Å²) >= 11 is 1.86. The maximum atomic E-state index is 12.1. The lowest BCUT2D eigenvalue weighted by molar-refractivity contribution is -0.192. The summed E-state index contributed by atoms with van der Waals surface area (Å²) in [6.07, 6.45) is -4.93. The highest BCUT2D eigenvalue weighted by Crippen LogP contribution is 2.13. The molecule has 1 fully saturated rings. The zero-order valence-corrected chi connectivity index (χ0v) is 14.5. The highest BCUT2D eigenvalue weighted by molar-refractivity contribution is 7.99. The summed E-state index contributed by atoms with van der Waals surface area (Å²) in [5.41, 5.74) is 0.944. The van der Waals surface area contributed by atoms with E-state index in [1.54, 1.807) is 13.8 Å². The van der Waals surface area contributed by atoms with Gasteiger partial charge in [0.15, 0.2) is 0 Å². The average Bonchev–Trinajstić information content (AvgIpc) is 2.51. The van der Waals surface area contributed by atoms with Crippen LogP contribution >= 0.6 is 11.8 Å². The lowest BCUT2D eigenvalue weighted by Gasteiger charge is -2.26. The molecule has 0 saturated carbocycles. The van der Waals surface area contributed by atoms with E-state index in [9.17, 15) is 22.8 Å². The number of hydrogen-bond donors (Lipinski definition) is 2. The summed E-state index contributed by atoms with van der Waals surface area (Å²) < 4.78 is 31.7. The van der Waals surface area contributed by atoms with Crippen LogP contribution in [0.4, 0.5) is 13.2 Å². The van der Waals surface area contributed by atoms with Gasteiger partial charge in [0.1, 0.15) is 5.82 Å². The third-order valence-corrected chi connectivity index (χ3v) is 4.22. The van der Waals surface area contributed by atoms with Gasteiger partial charge in [0.2, 0.25) is 5.91 Å². The second kappa shape index (κ2) is 8.88. The molecule has 0 bridgehead atoms. The van der Waals surface area contributed by atoms with Gasteiger partial charge in [-0.15, -0.1) is 0 Å². The van der Waals surface area contributed by atoms with Gasteiger partial charge >= 0.3 is 12.1 Å². The average molecular weight is 381 g/mol. The Hall–Kier alpha value is -2.04. The van der Waals surface area contributed by atoms with Crippen LogP contribution in [0.1, 0.15) is 17.1 Å². The number of thioether (sulfide) groups is 1. The van der Waals surface area contributed by atoms with Crippen LogP contribution in [-0.4, -0.2) is 62.6 Å². The van der Waals surface area contributed by atoms with Crippen LogP contribution in [0.3, 0.4) is 0 Å². The number of H-pyrrole nitrogens is 1. The Balaban J connectivity index is 0.000000381. The minimum Gasteiger partial charge on any atom is -0.475 e.